The lowest BCUT2D eigenvalue weighted by molar-refractivity contribution is 0.0347. The van der Waals surface area contributed by atoms with Gasteiger partial charge in [-0.3, -0.25) is 4.40 Å². The predicted octanol–water partition coefficient (Wildman–Crippen LogP) is 5.68. The van der Waals surface area contributed by atoms with E-state index in [4.69, 9.17) is 9.47 Å². The molecule has 0 aliphatic rings. The van der Waals surface area contributed by atoms with E-state index in [1.165, 1.54) is 0 Å². The molecule has 2 aromatic carbocycles. The Bertz CT molecular complexity index is 1250. The minimum Gasteiger partial charge on any atom is -0.480 e. The van der Waals surface area contributed by atoms with Crippen molar-refractivity contribution in [3.8, 4) is 17.0 Å². The number of aryl methyl sites for hydroxylation is 1. The maximum absolute atomic E-state index is 12.0. The van der Waals surface area contributed by atoms with Gasteiger partial charge >= 0.3 is 5.97 Å². The molecular weight excluding hydrogens is 404 g/mol. The second-order valence-electron chi connectivity index (χ2n) is 7.67. The van der Waals surface area contributed by atoms with Gasteiger partial charge in [0.1, 0.15) is 5.65 Å². The molecular formula is C26H26N2O4. The van der Waals surface area contributed by atoms with Gasteiger partial charge in [-0.1, -0.05) is 55.5 Å². The van der Waals surface area contributed by atoms with E-state index >= 15 is 0 Å². The van der Waals surface area contributed by atoms with Crippen molar-refractivity contribution in [3.05, 3.63) is 89.2 Å². The molecule has 4 rings (SSSR count). The number of aromatic nitrogens is 2. The number of carbonyl (C=O) groups is 1. The van der Waals surface area contributed by atoms with Gasteiger partial charge in [0.2, 0.25) is 5.88 Å². The molecule has 0 fully saturated rings. The number of hydrogen-bond donors (Lipinski definition) is 1. The summed E-state index contributed by atoms with van der Waals surface area (Å²) in [7, 11) is 1.60. The van der Waals surface area contributed by atoms with E-state index in [1.54, 1.807) is 13.2 Å². The molecule has 0 saturated carbocycles. The Balaban J connectivity index is 1.62. The first-order valence-electron chi connectivity index (χ1n) is 10.6. The molecule has 1 atom stereocenters. The average molecular weight is 431 g/mol. The third kappa shape index (κ3) is 4.22. The number of fused-ring (bicyclic) bond motifs is 1. The van der Waals surface area contributed by atoms with Crippen molar-refractivity contribution in [3.63, 3.8) is 0 Å². The summed E-state index contributed by atoms with van der Waals surface area (Å²) in [4.78, 5) is 16.5. The van der Waals surface area contributed by atoms with E-state index in [2.05, 4.69) is 4.98 Å². The first-order valence-corrected chi connectivity index (χ1v) is 10.6. The number of rotatable bonds is 8. The smallest absolute Gasteiger partial charge is 0.336 e. The van der Waals surface area contributed by atoms with E-state index in [0.29, 0.717) is 24.5 Å². The summed E-state index contributed by atoms with van der Waals surface area (Å²) in [6.45, 7) is 4.39. The number of hydrogen-bond acceptors (Lipinski definition) is 4. The van der Waals surface area contributed by atoms with Crippen molar-refractivity contribution >= 4 is 11.6 Å². The second-order valence-corrected chi connectivity index (χ2v) is 7.67. The summed E-state index contributed by atoms with van der Waals surface area (Å²) in [5.74, 6) is -0.401. The number of benzene rings is 2. The molecule has 0 saturated heterocycles. The molecule has 0 aliphatic carbocycles. The summed E-state index contributed by atoms with van der Waals surface area (Å²) >= 11 is 0. The quantitative estimate of drug-likeness (QED) is 0.389. The highest BCUT2D eigenvalue weighted by Crippen LogP contribution is 2.30. The number of imidazole rings is 1. The molecule has 0 aliphatic heterocycles. The van der Waals surface area contributed by atoms with Crippen molar-refractivity contribution in [1.82, 2.24) is 9.38 Å². The normalized spacial score (nSPS) is 12.1. The largest absolute Gasteiger partial charge is 0.480 e. The van der Waals surface area contributed by atoms with Crippen LogP contribution in [0.5, 0.6) is 5.88 Å². The van der Waals surface area contributed by atoms with E-state index in [0.717, 1.165) is 28.0 Å². The lowest BCUT2D eigenvalue weighted by Gasteiger charge is -2.19. The molecule has 0 spiro atoms. The summed E-state index contributed by atoms with van der Waals surface area (Å²) in [6, 6.07) is 19.1. The summed E-state index contributed by atoms with van der Waals surface area (Å²) in [6.07, 6.45) is 2.32. The van der Waals surface area contributed by atoms with E-state index in [9.17, 15) is 9.90 Å². The number of pyridine rings is 1. The molecule has 164 valence electrons. The van der Waals surface area contributed by atoms with Crippen LogP contribution in [0.1, 0.15) is 46.6 Å². The van der Waals surface area contributed by atoms with Gasteiger partial charge in [-0.2, -0.15) is 4.98 Å². The van der Waals surface area contributed by atoms with Crippen LogP contribution < -0.4 is 4.74 Å². The second kappa shape index (κ2) is 9.24. The summed E-state index contributed by atoms with van der Waals surface area (Å²) < 4.78 is 13.5. The van der Waals surface area contributed by atoms with Gasteiger partial charge in [-0.25, -0.2) is 4.79 Å². The van der Waals surface area contributed by atoms with Gasteiger partial charge in [0.25, 0.3) is 0 Å². The van der Waals surface area contributed by atoms with Crippen molar-refractivity contribution in [1.29, 1.82) is 0 Å². The van der Waals surface area contributed by atoms with Crippen LogP contribution in [0.2, 0.25) is 0 Å². The molecule has 6 heteroatoms. The fourth-order valence-corrected chi connectivity index (χ4v) is 3.89. The Hall–Kier alpha value is -3.64. The van der Waals surface area contributed by atoms with Crippen LogP contribution in [0.25, 0.3) is 16.8 Å². The van der Waals surface area contributed by atoms with Crippen LogP contribution in [-0.2, 0) is 11.3 Å². The number of aromatic carboxylic acids is 1. The maximum atomic E-state index is 12.0. The third-order valence-corrected chi connectivity index (χ3v) is 5.61. The fourth-order valence-electron chi connectivity index (χ4n) is 3.89. The van der Waals surface area contributed by atoms with Gasteiger partial charge in [0.15, 0.2) is 0 Å². The van der Waals surface area contributed by atoms with Crippen molar-refractivity contribution in [2.45, 2.75) is 33.0 Å². The fraction of sp³-hybridized carbons (Fsp3) is 0.231. The minimum atomic E-state index is -0.952. The molecule has 4 aromatic rings. The highest BCUT2D eigenvalue weighted by atomic mass is 16.5. The van der Waals surface area contributed by atoms with E-state index in [1.807, 2.05) is 79.0 Å². The zero-order valence-electron chi connectivity index (χ0n) is 18.4. The zero-order valence-corrected chi connectivity index (χ0v) is 18.4. The molecule has 6 nitrogen and oxygen atoms in total. The molecule has 2 aromatic heterocycles. The van der Waals surface area contributed by atoms with Crippen molar-refractivity contribution < 1.29 is 19.4 Å². The lowest BCUT2D eigenvalue weighted by atomic mass is 9.95. The first-order chi connectivity index (χ1) is 15.5. The highest BCUT2D eigenvalue weighted by molar-refractivity contribution is 5.96. The zero-order chi connectivity index (χ0) is 22.7. The molecule has 0 amide bonds. The van der Waals surface area contributed by atoms with Crippen LogP contribution in [0, 0.1) is 6.92 Å². The highest BCUT2D eigenvalue weighted by Gasteiger charge is 2.18. The number of carboxylic acid groups (broad SMARTS) is 1. The van der Waals surface area contributed by atoms with Crippen molar-refractivity contribution in [2.24, 2.45) is 0 Å². The lowest BCUT2D eigenvalue weighted by Crippen LogP contribution is -2.08. The molecule has 0 radical (unpaired) electrons. The Morgan fingerprint density at radius 2 is 1.91 bits per heavy atom. The topological polar surface area (TPSA) is 73.1 Å². The van der Waals surface area contributed by atoms with Crippen LogP contribution in [0.4, 0.5) is 0 Å². The van der Waals surface area contributed by atoms with Gasteiger partial charge < -0.3 is 14.6 Å². The molecule has 0 bridgehead atoms. The predicted molar refractivity (Wildman–Crippen MR) is 123 cm³/mol. The maximum Gasteiger partial charge on any atom is 0.336 e. The Labute approximate surface area is 187 Å². The summed E-state index contributed by atoms with van der Waals surface area (Å²) in [5.41, 5.74) is 5.51. The molecule has 1 unspecified atom stereocenters. The van der Waals surface area contributed by atoms with Gasteiger partial charge in [0, 0.05) is 0 Å². The number of methoxy groups -OCH3 is 1. The summed E-state index contributed by atoms with van der Waals surface area (Å²) in [5, 5.41) is 9.82. The SMILES string of the molecule is CCC(OCc1ccc(C)c2nc(OC)cn12)c1ccc(-c2ccccc2)c(C(=O)O)c1. The Morgan fingerprint density at radius 1 is 1.12 bits per heavy atom. The minimum absolute atomic E-state index is 0.236. The Kier molecular flexibility index (Phi) is 6.23. The number of carboxylic acids is 1. The van der Waals surface area contributed by atoms with Gasteiger partial charge in [0.05, 0.1) is 37.3 Å². The van der Waals surface area contributed by atoms with Crippen molar-refractivity contribution in [2.75, 3.05) is 7.11 Å². The average Bonchev–Trinajstić information content (AvgIpc) is 3.27. The molecule has 2 heterocycles. The number of ether oxygens (including phenoxy) is 2. The first kappa shape index (κ1) is 21.6. The van der Waals surface area contributed by atoms with Gasteiger partial charge in [-0.05, 0) is 47.7 Å². The standard InChI is InChI=1S/C26H26N2O4/c1-4-23(32-16-20-12-10-17(2)25-27-24(31-3)15-28(20)25)19-11-13-21(22(14-19)26(29)30)18-8-6-5-7-9-18/h5-15,23H,4,16H2,1-3H3,(H,29,30). The van der Waals surface area contributed by atoms with Gasteiger partial charge in [-0.15, -0.1) is 0 Å². The van der Waals surface area contributed by atoms with Crippen LogP contribution in [0.3, 0.4) is 0 Å². The van der Waals surface area contributed by atoms with Crippen LogP contribution in [-0.4, -0.2) is 27.6 Å². The van der Waals surface area contributed by atoms with E-state index in [-0.39, 0.29) is 11.7 Å². The third-order valence-electron chi connectivity index (χ3n) is 5.61. The van der Waals surface area contributed by atoms with E-state index < -0.39 is 5.97 Å². The molecule has 1 N–H and O–H groups in total. The van der Waals surface area contributed by atoms with Crippen LogP contribution in [0.15, 0.2) is 66.9 Å². The molecule has 32 heavy (non-hydrogen) atoms. The number of nitrogens with zero attached hydrogens (tertiary/aromatic N) is 2. The Morgan fingerprint density at radius 3 is 2.59 bits per heavy atom. The van der Waals surface area contributed by atoms with Crippen LogP contribution >= 0.6 is 0 Å². The monoisotopic (exact) mass is 430 g/mol.